The van der Waals surface area contributed by atoms with E-state index in [0.29, 0.717) is 0 Å². The average Bonchev–Trinajstić information content (AvgIpc) is 2.45. The van der Waals surface area contributed by atoms with E-state index in [9.17, 15) is 0 Å². The van der Waals surface area contributed by atoms with E-state index in [0.717, 1.165) is 17.8 Å². The van der Waals surface area contributed by atoms with Crippen LogP contribution in [0.4, 0.5) is 0 Å². The third kappa shape index (κ3) is 1.41. The molecule has 0 saturated heterocycles. The second-order valence-electron chi connectivity index (χ2n) is 5.37. The van der Waals surface area contributed by atoms with Crippen molar-refractivity contribution in [3.8, 4) is 0 Å². The van der Waals surface area contributed by atoms with E-state index in [4.69, 9.17) is 0 Å². The molecule has 0 spiro atoms. The number of hydrogen-bond donors (Lipinski definition) is 0. The second kappa shape index (κ2) is 3.05. The summed E-state index contributed by atoms with van der Waals surface area (Å²) in [5.74, 6) is 5.50. The molecule has 2 atom stereocenters. The summed E-state index contributed by atoms with van der Waals surface area (Å²) >= 11 is 0. The summed E-state index contributed by atoms with van der Waals surface area (Å²) in [6.07, 6.45) is 6.08. The lowest BCUT2D eigenvalue weighted by Crippen LogP contribution is -2.04. The Morgan fingerprint density at radius 3 is 2.17 bits per heavy atom. The Balaban J connectivity index is 1.75. The highest BCUT2D eigenvalue weighted by Gasteiger charge is 2.54. The van der Waals surface area contributed by atoms with Gasteiger partial charge in [0.1, 0.15) is 0 Å². The Labute approximate surface area is 76.7 Å². The quantitative estimate of drug-likeness (QED) is 0.599. The first-order valence-corrected chi connectivity index (χ1v) is 5.72. The highest BCUT2D eigenvalue weighted by molar-refractivity contribution is 5.03. The van der Waals surface area contributed by atoms with Crippen molar-refractivity contribution < 1.29 is 0 Å². The van der Waals surface area contributed by atoms with Crippen LogP contribution in [-0.2, 0) is 0 Å². The summed E-state index contributed by atoms with van der Waals surface area (Å²) in [7, 11) is 0. The Hall–Kier alpha value is 0. The minimum absolute atomic E-state index is 0.924. The van der Waals surface area contributed by atoms with Crippen LogP contribution in [0.25, 0.3) is 0 Å². The molecule has 2 rings (SSSR count). The first-order chi connectivity index (χ1) is 5.72. The van der Waals surface area contributed by atoms with Gasteiger partial charge in [-0.2, -0.15) is 0 Å². The molecule has 2 unspecified atom stereocenters. The van der Waals surface area contributed by atoms with Crippen molar-refractivity contribution in [3.63, 3.8) is 0 Å². The van der Waals surface area contributed by atoms with Gasteiger partial charge in [-0.25, -0.2) is 0 Å². The highest BCUT2D eigenvalue weighted by atomic mass is 14.6. The zero-order valence-corrected chi connectivity index (χ0v) is 8.72. The van der Waals surface area contributed by atoms with Crippen LogP contribution in [0.3, 0.4) is 0 Å². The van der Waals surface area contributed by atoms with E-state index in [1.54, 1.807) is 12.8 Å². The van der Waals surface area contributed by atoms with Crippen molar-refractivity contribution in [3.05, 3.63) is 0 Å². The van der Waals surface area contributed by atoms with Gasteiger partial charge in [0.15, 0.2) is 0 Å². The lowest BCUT2D eigenvalue weighted by Gasteiger charge is -2.15. The van der Waals surface area contributed by atoms with Gasteiger partial charge in [0, 0.05) is 0 Å². The van der Waals surface area contributed by atoms with Gasteiger partial charge in [0.25, 0.3) is 0 Å². The minimum Gasteiger partial charge on any atom is -0.0651 e. The fourth-order valence-electron chi connectivity index (χ4n) is 3.55. The average molecular weight is 166 g/mol. The maximum atomic E-state index is 2.36. The van der Waals surface area contributed by atoms with E-state index in [1.165, 1.54) is 24.7 Å². The van der Waals surface area contributed by atoms with E-state index in [-0.39, 0.29) is 0 Å². The predicted molar refractivity (Wildman–Crippen MR) is 52.9 cm³/mol. The Morgan fingerprint density at radius 2 is 1.75 bits per heavy atom. The number of fused-ring (bicyclic) bond motifs is 1. The third-order valence-corrected chi connectivity index (χ3v) is 4.00. The molecule has 70 valence electrons. The van der Waals surface area contributed by atoms with Gasteiger partial charge >= 0.3 is 0 Å². The zero-order valence-electron chi connectivity index (χ0n) is 8.72. The van der Waals surface area contributed by atoms with E-state index in [1.807, 2.05) is 0 Å². The van der Waals surface area contributed by atoms with Crippen molar-refractivity contribution in [2.45, 2.75) is 46.5 Å². The molecule has 0 N–H and O–H groups in total. The zero-order chi connectivity index (χ0) is 8.72. The van der Waals surface area contributed by atoms with Crippen LogP contribution in [-0.4, -0.2) is 0 Å². The van der Waals surface area contributed by atoms with Crippen LogP contribution in [0.15, 0.2) is 0 Å². The van der Waals surface area contributed by atoms with Crippen LogP contribution in [0.1, 0.15) is 46.5 Å². The summed E-state index contributed by atoms with van der Waals surface area (Å²) in [6, 6.07) is 0. The molecule has 2 aliphatic rings. The molecule has 12 heavy (non-hydrogen) atoms. The lowest BCUT2D eigenvalue weighted by atomic mass is 9.91. The molecule has 0 aromatic carbocycles. The lowest BCUT2D eigenvalue weighted by molar-refractivity contribution is 0.362. The maximum absolute atomic E-state index is 2.36. The molecule has 2 aliphatic carbocycles. The van der Waals surface area contributed by atoms with E-state index >= 15 is 0 Å². The van der Waals surface area contributed by atoms with Gasteiger partial charge in [-0.1, -0.05) is 27.2 Å². The smallest absolute Gasteiger partial charge is 0.0349 e. The SMILES string of the molecule is CCC1C2CC(CC(C)C)CC12. The molecular weight excluding hydrogens is 144 g/mol. The normalized spacial score (nSPS) is 45.0. The van der Waals surface area contributed by atoms with Crippen molar-refractivity contribution >= 4 is 0 Å². The molecule has 0 aliphatic heterocycles. The van der Waals surface area contributed by atoms with Gasteiger partial charge in [-0.3, -0.25) is 0 Å². The molecule has 0 bridgehead atoms. The number of hydrogen-bond acceptors (Lipinski definition) is 0. The summed E-state index contributed by atoms with van der Waals surface area (Å²) in [6.45, 7) is 7.09. The van der Waals surface area contributed by atoms with Crippen LogP contribution < -0.4 is 0 Å². The van der Waals surface area contributed by atoms with Crippen LogP contribution in [0, 0.1) is 29.6 Å². The van der Waals surface area contributed by atoms with Gasteiger partial charge < -0.3 is 0 Å². The summed E-state index contributed by atoms with van der Waals surface area (Å²) < 4.78 is 0. The van der Waals surface area contributed by atoms with Crippen LogP contribution in [0.2, 0.25) is 0 Å². The first kappa shape index (κ1) is 8.59. The van der Waals surface area contributed by atoms with Crippen molar-refractivity contribution in [1.82, 2.24) is 0 Å². The molecule has 2 fully saturated rings. The maximum Gasteiger partial charge on any atom is -0.0349 e. The molecular formula is C12H22. The van der Waals surface area contributed by atoms with Crippen molar-refractivity contribution in [2.75, 3.05) is 0 Å². The largest absolute Gasteiger partial charge is 0.0651 e. The number of rotatable bonds is 3. The highest BCUT2D eigenvalue weighted by Crippen LogP contribution is 2.61. The van der Waals surface area contributed by atoms with Crippen LogP contribution in [0.5, 0.6) is 0 Å². The topological polar surface area (TPSA) is 0 Å². The predicted octanol–water partition coefficient (Wildman–Crippen LogP) is 3.71. The van der Waals surface area contributed by atoms with Gasteiger partial charge in [-0.05, 0) is 48.9 Å². The summed E-state index contributed by atoms with van der Waals surface area (Å²) in [4.78, 5) is 0. The Bertz CT molecular complexity index is 147. The van der Waals surface area contributed by atoms with Gasteiger partial charge in [0.05, 0.1) is 0 Å². The standard InChI is InChI=1S/C12H22/c1-4-10-11-6-9(5-8(2)3)7-12(10)11/h8-12H,4-7H2,1-3H3. The Kier molecular flexibility index (Phi) is 2.18. The summed E-state index contributed by atoms with van der Waals surface area (Å²) in [5, 5.41) is 0. The molecule has 0 heteroatoms. The molecule has 0 amide bonds. The van der Waals surface area contributed by atoms with Crippen molar-refractivity contribution in [1.29, 1.82) is 0 Å². The third-order valence-electron chi connectivity index (χ3n) is 4.00. The van der Waals surface area contributed by atoms with Gasteiger partial charge in [0.2, 0.25) is 0 Å². The fourth-order valence-corrected chi connectivity index (χ4v) is 3.55. The molecule has 0 aromatic rings. The summed E-state index contributed by atoms with van der Waals surface area (Å²) in [5.41, 5.74) is 0. The molecule has 2 saturated carbocycles. The molecule has 0 aromatic heterocycles. The molecule has 0 nitrogen and oxygen atoms in total. The van der Waals surface area contributed by atoms with Crippen molar-refractivity contribution in [2.24, 2.45) is 29.6 Å². The van der Waals surface area contributed by atoms with E-state index < -0.39 is 0 Å². The molecule has 0 radical (unpaired) electrons. The fraction of sp³-hybridized carbons (Fsp3) is 1.00. The Morgan fingerprint density at radius 1 is 1.17 bits per heavy atom. The van der Waals surface area contributed by atoms with Crippen LogP contribution >= 0.6 is 0 Å². The first-order valence-electron chi connectivity index (χ1n) is 5.72. The van der Waals surface area contributed by atoms with Gasteiger partial charge in [-0.15, -0.1) is 0 Å². The monoisotopic (exact) mass is 166 g/mol. The molecule has 0 heterocycles. The second-order valence-corrected chi connectivity index (χ2v) is 5.37. The van der Waals surface area contributed by atoms with E-state index in [2.05, 4.69) is 20.8 Å². The minimum atomic E-state index is 0.924.